The molecule has 132 valence electrons. The summed E-state index contributed by atoms with van der Waals surface area (Å²) in [6.07, 6.45) is -1.11. The molecule has 2 heterocycles. The van der Waals surface area contributed by atoms with Gasteiger partial charge in [-0.15, -0.1) is 11.3 Å². The summed E-state index contributed by atoms with van der Waals surface area (Å²) < 4.78 is 23.9. The second-order valence-electron chi connectivity index (χ2n) is 5.51. The smallest absolute Gasteiger partial charge is 0.375 e. The van der Waals surface area contributed by atoms with Gasteiger partial charge in [0, 0.05) is 10.9 Å². The van der Waals surface area contributed by atoms with Crippen molar-refractivity contribution < 1.29 is 23.1 Å². The van der Waals surface area contributed by atoms with E-state index in [1.165, 1.54) is 36.5 Å². The van der Waals surface area contributed by atoms with Crippen LogP contribution in [-0.2, 0) is 9.53 Å². The number of nitrogens with zero attached hydrogens (tertiary/aromatic N) is 1. The molecule has 8 heteroatoms. The van der Waals surface area contributed by atoms with E-state index in [-0.39, 0.29) is 5.76 Å². The molecule has 0 radical (unpaired) electrons. The third-order valence-electron chi connectivity index (χ3n) is 3.76. The lowest BCUT2D eigenvalue weighted by molar-refractivity contribution is -0.123. The van der Waals surface area contributed by atoms with Crippen LogP contribution in [0.5, 0.6) is 0 Å². The summed E-state index contributed by atoms with van der Waals surface area (Å²) in [4.78, 5) is 24.5. The molecule has 0 bridgehead atoms. The van der Waals surface area contributed by atoms with Crippen LogP contribution in [0.4, 0.5) is 9.39 Å². The molecule has 1 atom stereocenters. The Kier molecular flexibility index (Phi) is 4.73. The van der Waals surface area contributed by atoms with Gasteiger partial charge < -0.3 is 14.5 Å². The zero-order chi connectivity index (χ0) is 18.8. The van der Waals surface area contributed by atoms with Gasteiger partial charge in [0.2, 0.25) is 5.76 Å². The summed E-state index contributed by atoms with van der Waals surface area (Å²) >= 11 is 1.19. The first-order valence-electron chi connectivity index (χ1n) is 7.58. The summed E-state index contributed by atoms with van der Waals surface area (Å²) in [5.74, 6) is -1.93. The third kappa shape index (κ3) is 3.30. The zero-order valence-corrected chi connectivity index (χ0v) is 14.6. The summed E-state index contributed by atoms with van der Waals surface area (Å²) in [7, 11) is 0. The first-order valence-corrected chi connectivity index (χ1v) is 8.46. The molecule has 26 heavy (non-hydrogen) atoms. The second kappa shape index (κ2) is 6.98. The Morgan fingerprint density at radius 2 is 2.15 bits per heavy atom. The number of nitriles is 1. The van der Waals surface area contributed by atoms with E-state index in [9.17, 15) is 14.0 Å². The molecular weight excluding hydrogens is 359 g/mol. The zero-order valence-electron chi connectivity index (χ0n) is 13.8. The molecule has 0 fully saturated rings. The molecular formula is C18H13FN2O4S. The highest BCUT2D eigenvalue weighted by Crippen LogP contribution is 2.27. The van der Waals surface area contributed by atoms with Crippen LogP contribution in [0.3, 0.4) is 0 Å². The predicted molar refractivity (Wildman–Crippen MR) is 93.5 cm³/mol. The number of ether oxygens (including phenoxy) is 1. The first-order chi connectivity index (χ1) is 12.4. The standard InChI is InChI=1S/C18H13FN2O4S/c1-9-13-7-12(19)3-4-14(13)25-15(9)18(23)24-10(2)16(22)21-17-11(8-20)5-6-26-17/h3-7,10H,1-2H3,(H,21,22)/t10-/m0/s1. The summed E-state index contributed by atoms with van der Waals surface area (Å²) in [5.41, 5.74) is 1.12. The van der Waals surface area contributed by atoms with Gasteiger partial charge in [-0.2, -0.15) is 5.26 Å². The van der Waals surface area contributed by atoms with Crippen molar-refractivity contribution in [3.05, 3.63) is 52.3 Å². The molecule has 1 aromatic carbocycles. The van der Waals surface area contributed by atoms with Crippen LogP contribution in [0.25, 0.3) is 11.0 Å². The maximum Gasteiger partial charge on any atom is 0.375 e. The number of carbonyl (C=O) groups is 2. The van der Waals surface area contributed by atoms with Gasteiger partial charge in [0.15, 0.2) is 6.10 Å². The number of esters is 1. The lowest BCUT2D eigenvalue weighted by Crippen LogP contribution is -2.30. The van der Waals surface area contributed by atoms with E-state index in [1.807, 2.05) is 6.07 Å². The number of anilines is 1. The van der Waals surface area contributed by atoms with E-state index in [2.05, 4.69) is 5.32 Å². The van der Waals surface area contributed by atoms with Gasteiger partial charge in [-0.25, -0.2) is 9.18 Å². The number of rotatable bonds is 4. The minimum Gasteiger partial charge on any atom is -0.449 e. The van der Waals surface area contributed by atoms with Crippen molar-refractivity contribution in [2.75, 3.05) is 5.32 Å². The minimum atomic E-state index is -1.11. The van der Waals surface area contributed by atoms with Crippen molar-refractivity contribution in [3.63, 3.8) is 0 Å². The molecule has 0 saturated heterocycles. The van der Waals surface area contributed by atoms with Gasteiger partial charge in [0.05, 0.1) is 5.56 Å². The lowest BCUT2D eigenvalue weighted by atomic mass is 10.1. The average molecular weight is 372 g/mol. The fraction of sp³-hybridized carbons (Fsp3) is 0.167. The van der Waals surface area contributed by atoms with Crippen molar-refractivity contribution in [2.24, 2.45) is 0 Å². The molecule has 0 saturated carbocycles. The summed E-state index contributed by atoms with van der Waals surface area (Å²) in [5, 5.41) is 14.0. The number of furan rings is 1. The molecule has 6 nitrogen and oxygen atoms in total. The summed E-state index contributed by atoms with van der Waals surface area (Å²) in [6, 6.07) is 7.45. The minimum absolute atomic E-state index is 0.0842. The molecule has 0 unspecified atom stereocenters. The van der Waals surface area contributed by atoms with Gasteiger partial charge in [0.1, 0.15) is 22.5 Å². The Bertz CT molecular complexity index is 1050. The molecule has 0 aliphatic carbocycles. The maximum absolute atomic E-state index is 13.4. The number of carbonyl (C=O) groups excluding carboxylic acids is 2. The second-order valence-corrected chi connectivity index (χ2v) is 6.42. The topological polar surface area (TPSA) is 92.3 Å². The van der Waals surface area contributed by atoms with Gasteiger partial charge >= 0.3 is 5.97 Å². The van der Waals surface area contributed by atoms with E-state index in [0.29, 0.717) is 27.1 Å². The monoisotopic (exact) mass is 372 g/mol. The Morgan fingerprint density at radius 3 is 2.88 bits per heavy atom. The molecule has 0 aliphatic rings. The number of thiophene rings is 1. The first kappa shape index (κ1) is 17.6. The van der Waals surface area contributed by atoms with Crippen LogP contribution in [0.2, 0.25) is 0 Å². The maximum atomic E-state index is 13.4. The van der Waals surface area contributed by atoms with Crippen molar-refractivity contribution in [1.29, 1.82) is 5.26 Å². The van der Waals surface area contributed by atoms with Gasteiger partial charge in [-0.3, -0.25) is 4.79 Å². The Morgan fingerprint density at radius 1 is 1.38 bits per heavy atom. The number of fused-ring (bicyclic) bond motifs is 1. The number of hydrogen-bond acceptors (Lipinski definition) is 6. The number of aryl methyl sites for hydroxylation is 1. The largest absolute Gasteiger partial charge is 0.449 e. The highest BCUT2D eigenvalue weighted by molar-refractivity contribution is 7.14. The lowest BCUT2D eigenvalue weighted by Gasteiger charge is -2.12. The van der Waals surface area contributed by atoms with Gasteiger partial charge in [-0.1, -0.05) is 0 Å². The highest BCUT2D eigenvalue weighted by atomic mass is 32.1. The summed E-state index contributed by atoms with van der Waals surface area (Å²) in [6.45, 7) is 3.02. The number of amides is 1. The number of halogens is 1. The molecule has 1 N–H and O–H groups in total. The van der Waals surface area contributed by atoms with E-state index in [4.69, 9.17) is 14.4 Å². The van der Waals surface area contributed by atoms with Crippen molar-refractivity contribution >= 4 is 39.2 Å². The third-order valence-corrected chi connectivity index (χ3v) is 4.59. The van der Waals surface area contributed by atoms with Crippen molar-refractivity contribution in [3.8, 4) is 6.07 Å². The molecule has 3 rings (SSSR count). The van der Waals surface area contributed by atoms with Crippen LogP contribution < -0.4 is 5.32 Å². The average Bonchev–Trinajstić information content (AvgIpc) is 3.19. The van der Waals surface area contributed by atoms with Crippen molar-refractivity contribution in [1.82, 2.24) is 0 Å². The molecule has 2 aromatic heterocycles. The number of nitrogens with one attached hydrogen (secondary N) is 1. The van der Waals surface area contributed by atoms with Gasteiger partial charge in [-0.05, 0) is 43.5 Å². The van der Waals surface area contributed by atoms with Crippen LogP contribution in [0.15, 0.2) is 34.1 Å². The fourth-order valence-electron chi connectivity index (χ4n) is 2.36. The van der Waals surface area contributed by atoms with E-state index >= 15 is 0 Å². The number of hydrogen-bond donors (Lipinski definition) is 1. The van der Waals surface area contributed by atoms with Gasteiger partial charge in [0.25, 0.3) is 5.91 Å². The molecule has 1 amide bonds. The van der Waals surface area contributed by atoms with Crippen molar-refractivity contribution in [2.45, 2.75) is 20.0 Å². The highest BCUT2D eigenvalue weighted by Gasteiger charge is 2.25. The molecule has 3 aromatic rings. The quantitative estimate of drug-likeness (QED) is 0.699. The number of benzene rings is 1. The van der Waals surface area contributed by atoms with E-state index in [0.717, 1.165) is 0 Å². The molecule has 0 aliphatic heterocycles. The normalized spacial score (nSPS) is 11.8. The van der Waals surface area contributed by atoms with Crippen LogP contribution in [-0.4, -0.2) is 18.0 Å². The van der Waals surface area contributed by atoms with Crippen LogP contribution in [0.1, 0.15) is 28.6 Å². The molecule has 0 spiro atoms. The predicted octanol–water partition coefficient (Wildman–Crippen LogP) is 4.00. The Hall–Kier alpha value is -3.18. The van der Waals surface area contributed by atoms with Crippen LogP contribution >= 0.6 is 11.3 Å². The van der Waals surface area contributed by atoms with Crippen LogP contribution in [0, 0.1) is 24.1 Å². The Labute approximate surface area is 151 Å². The van der Waals surface area contributed by atoms with E-state index in [1.54, 1.807) is 18.4 Å². The van der Waals surface area contributed by atoms with E-state index < -0.39 is 23.8 Å². The fourth-order valence-corrected chi connectivity index (χ4v) is 3.10. The Balaban J connectivity index is 1.74. The SMILES string of the molecule is Cc1c(C(=O)O[C@@H](C)C(=O)Nc2sccc2C#N)oc2ccc(F)cc12.